The minimum Gasteiger partial charge on any atom is -0.481 e. The van der Waals surface area contributed by atoms with Crippen molar-refractivity contribution in [1.29, 1.82) is 0 Å². The first-order chi connectivity index (χ1) is 12.6. The minimum atomic E-state index is -0.985. The molecule has 0 saturated carbocycles. The summed E-state index contributed by atoms with van der Waals surface area (Å²) in [5.74, 6) is -2.33. The van der Waals surface area contributed by atoms with Crippen molar-refractivity contribution in [3.05, 3.63) is 12.2 Å². The molecule has 0 radical (unpaired) electrons. The van der Waals surface area contributed by atoms with Crippen LogP contribution in [0.25, 0.3) is 0 Å². The van der Waals surface area contributed by atoms with Crippen LogP contribution in [0.4, 0.5) is 0 Å². The molecule has 0 aliphatic carbocycles. The van der Waals surface area contributed by atoms with Gasteiger partial charge in [0, 0.05) is 6.42 Å². The van der Waals surface area contributed by atoms with Gasteiger partial charge in [0.05, 0.1) is 5.92 Å². The number of amides is 1. The quantitative estimate of drug-likeness (QED) is 0.217. The zero-order valence-electron chi connectivity index (χ0n) is 16.9. The number of carbonyl (C=O) groups is 2. The van der Waals surface area contributed by atoms with Gasteiger partial charge in [-0.1, -0.05) is 103 Å². The number of unbranched alkanes of at least 4 members (excludes halogenated alkanes) is 14. The maximum Gasteiger partial charge on any atom is 0.310 e. The predicted octanol–water partition coefficient (Wildman–Crippen LogP) is 5.99. The SMILES string of the molecule is CCCCCCCCCCCCCCCC/C=C/C(CC(N)=O)C(=O)O. The molecule has 0 aliphatic heterocycles. The number of hydrogen-bond acceptors (Lipinski definition) is 2. The van der Waals surface area contributed by atoms with Crippen molar-refractivity contribution in [3.63, 3.8) is 0 Å². The maximum absolute atomic E-state index is 11.0. The number of carboxylic acids is 1. The van der Waals surface area contributed by atoms with Gasteiger partial charge in [0.1, 0.15) is 0 Å². The summed E-state index contributed by atoms with van der Waals surface area (Å²) in [5.41, 5.74) is 5.06. The summed E-state index contributed by atoms with van der Waals surface area (Å²) in [5, 5.41) is 8.99. The van der Waals surface area contributed by atoms with Crippen LogP contribution in [0.2, 0.25) is 0 Å². The van der Waals surface area contributed by atoms with Crippen molar-refractivity contribution in [2.75, 3.05) is 0 Å². The monoisotopic (exact) mass is 367 g/mol. The Morgan fingerprint density at radius 1 is 0.808 bits per heavy atom. The Balaban J connectivity index is 3.36. The van der Waals surface area contributed by atoms with Crippen molar-refractivity contribution in [3.8, 4) is 0 Å². The molecule has 0 heterocycles. The Bertz CT molecular complexity index is 380. The second-order valence-electron chi connectivity index (χ2n) is 7.43. The lowest BCUT2D eigenvalue weighted by Crippen LogP contribution is -2.20. The van der Waals surface area contributed by atoms with E-state index in [1.807, 2.05) is 6.08 Å². The highest BCUT2D eigenvalue weighted by Gasteiger charge is 2.15. The van der Waals surface area contributed by atoms with E-state index in [-0.39, 0.29) is 6.42 Å². The number of hydrogen-bond donors (Lipinski definition) is 2. The van der Waals surface area contributed by atoms with E-state index in [2.05, 4.69) is 6.92 Å². The number of primary amides is 1. The standard InChI is InChI=1S/C22H41NO3/c1-2-3-4-5-6-7-8-9-10-11-12-13-14-15-16-17-18-20(22(25)26)19-21(23)24/h17-18,20H,2-16,19H2,1H3,(H2,23,24)(H,25,26)/b18-17+. The van der Waals surface area contributed by atoms with E-state index in [0.717, 1.165) is 12.8 Å². The molecule has 0 aliphatic rings. The lowest BCUT2D eigenvalue weighted by molar-refractivity contribution is -0.141. The van der Waals surface area contributed by atoms with E-state index in [1.54, 1.807) is 6.08 Å². The summed E-state index contributed by atoms with van der Waals surface area (Å²) in [6.45, 7) is 2.26. The largest absolute Gasteiger partial charge is 0.481 e. The van der Waals surface area contributed by atoms with Crippen molar-refractivity contribution in [1.82, 2.24) is 0 Å². The molecule has 26 heavy (non-hydrogen) atoms. The number of carbonyl (C=O) groups excluding carboxylic acids is 1. The third-order valence-corrected chi connectivity index (χ3v) is 4.83. The highest BCUT2D eigenvalue weighted by Crippen LogP contribution is 2.14. The smallest absolute Gasteiger partial charge is 0.310 e. The van der Waals surface area contributed by atoms with Gasteiger partial charge in [0.2, 0.25) is 5.91 Å². The summed E-state index contributed by atoms with van der Waals surface area (Å²) >= 11 is 0. The molecule has 0 aromatic heterocycles. The Labute approximate surface area is 160 Å². The van der Waals surface area contributed by atoms with E-state index in [4.69, 9.17) is 10.8 Å². The summed E-state index contributed by atoms with van der Waals surface area (Å²) in [4.78, 5) is 21.8. The molecule has 152 valence electrons. The van der Waals surface area contributed by atoms with Crippen molar-refractivity contribution >= 4 is 11.9 Å². The molecule has 4 nitrogen and oxygen atoms in total. The van der Waals surface area contributed by atoms with E-state index in [1.165, 1.54) is 83.5 Å². The van der Waals surface area contributed by atoms with Crippen LogP contribution in [0.15, 0.2) is 12.2 Å². The van der Waals surface area contributed by atoms with Gasteiger partial charge in [-0.3, -0.25) is 9.59 Å². The molecule has 0 aromatic carbocycles. The normalized spacial score (nSPS) is 12.5. The Kier molecular flexibility index (Phi) is 17.5. The molecule has 0 bridgehead atoms. The topological polar surface area (TPSA) is 80.4 Å². The van der Waals surface area contributed by atoms with Gasteiger partial charge < -0.3 is 10.8 Å². The summed E-state index contributed by atoms with van der Waals surface area (Å²) in [6.07, 6.45) is 22.9. The van der Waals surface area contributed by atoms with Gasteiger partial charge in [-0.15, -0.1) is 0 Å². The molecule has 1 unspecified atom stereocenters. The lowest BCUT2D eigenvalue weighted by atomic mass is 10.0. The van der Waals surface area contributed by atoms with E-state index in [0.29, 0.717) is 0 Å². The molecule has 3 N–H and O–H groups in total. The van der Waals surface area contributed by atoms with Crippen molar-refractivity contribution in [2.45, 2.75) is 110 Å². The summed E-state index contributed by atoms with van der Waals surface area (Å²) < 4.78 is 0. The van der Waals surface area contributed by atoms with Crippen LogP contribution >= 0.6 is 0 Å². The average molecular weight is 368 g/mol. The van der Waals surface area contributed by atoms with Crippen molar-refractivity contribution < 1.29 is 14.7 Å². The van der Waals surface area contributed by atoms with Crippen LogP contribution in [0.3, 0.4) is 0 Å². The number of nitrogens with two attached hydrogens (primary N) is 1. The first-order valence-corrected chi connectivity index (χ1v) is 10.8. The third-order valence-electron chi connectivity index (χ3n) is 4.83. The van der Waals surface area contributed by atoms with Crippen LogP contribution in [0.1, 0.15) is 110 Å². The fraction of sp³-hybridized carbons (Fsp3) is 0.818. The molecule has 1 amide bonds. The second-order valence-corrected chi connectivity index (χ2v) is 7.43. The first kappa shape index (κ1) is 24.7. The van der Waals surface area contributed by atoms with Crippen LogP contribution in [0.5, 0.6) is 0 Å². The van der Waals surface area contributed by atoms with Crippen LogP contribution in [-0.4, -0.2) is 17.0 Å². The van der Waals surface area contributed by atoms with Crippen LogP contribution in [0, 0.1) is 5.92 Å². The Morgan fingerprint density at radius 2 is 1.23 bits per heavy atom. The molecule has 0 rings (SSSR count). The molecule has 1 atom stereocenters. The summed E-state index contributed by atoms with van der Waals surface area (Å²) in [6, 6.07) is 0. The fourth-order valence-corrected chi connectivity index (χ4v) is 3.17. The minimum absolute atomic E-state index is 0.120. The van der Waals surface area contributed by atoms with E-state index < -0.39 is 17.8 Å². The average Bonchev–Trinajstić information content (AvgIpc) is 2.59. The number of carboxylic acid groups (broad SMARTS) is 1. The highest BCUT2D eigenvalue weighted by molar-refractivity contribution is 5.82. The highest BCUT2D eigenvalue weighted by atomic mass is 16.4. The van der Waals surface area contributed by atoms with Gasteiger partial charge in [-0.2, -0.15) is 0 Å². The molecule has 0 saturated heterocycles. The summed E-state index contributed by atoms with van der Waals surface area (Å²) in [7, 11) is 0. The second kappa shape index (κ2) is 18.5. The van der Waals surface area contributed by atoms with Gasteiger partial charge in [0.25, 0.3) is 0 Å². The molecule has 0 fully saturated rings. The number of aliphatic carboxylic acids is 1. The molecule has 0 aromatic rings. The number of rotatable bonds is 19. The van der Waals surface area contributed by atoms with Gasteiger partial charge >= 0.3 is 5.97 Å². The predicted molar refractivity (Wildman–Crippen MR) is 109 cm³/mol. The van der Waals surface area contributed by atoms with Crippen LogP contribution < -0.4 is 5.73 Å². The van der Waals surface area contributed by atoms with Gasteiger partial charge in [-0.25, -0.2) is 0 Å². The fourth-order valence-electron chi connectivity index (χ4n) is 3.17. The zero-order chi connectivity index (χ0) is 19.5. The lowest BCUT2D eigenvalue weighted by Gasteiger charge is -2.04. The Morgan fingerprint density at radius 3 is 1.62 bits per heavy atom. The molecular formula is C22H41NO3. The van der Waals surface area contributed by atoms with E-state index in [9.17, 15) is 9.59 Å². The zero-order valence-corrected chi connectivity index (χ0v) is 16.9. The maximum atomic E-state index is 11.0. The van der Waals surface area contributed by atoms with Crippen LogP contribution in [-0.2, 0) is 9.59 Å². The van der Waals surface area contributed by atoms with Crippen molar-refractivity contribution in [2.24, 2.45) is 11.7 Å². The molecule has 0 spiro atoms. The molecular weight excluding hydrogens is 326 g/mol. The number of allylic oxidation sites excluding steroid dienone is 1. The van der Waals surface area contributed by atoms with Gasteiger partial charge in [-0.05, 0) is 12.8 Å². The Hall–Kier alpha value is -1.32. The first-order valence-electron chi connectivity index (χ1n) is 10.8. The van der Waals surface area contributed by atoms with Gasteiger partial charge in [0.15, 0.2) is 0 Å². The third kappa shape index (κ3) is 17.5. The molecule has 4 heteroatoms. The van der Waals surface area contributed by atoms with E-state index >= 15 is 0 Å².